The molecule has 1 aromatic heterocycles. The minimum Gasteiger partial charge on any atom is -0.322 e. The van der Waals surface area contributed by atoms with Crippen LogP contribution in [0.15, 0.2) is 59.2 Å². The molecule has 0 aliphatic heterocycles. The molecule has 3 nitrogen and oxygen atoms in total. The Morgan fingerprint density at radius 1 is 1.10 bits per heavy atom. The molecule has 4 heteroatoms. The number of fused-ring (bicyclic) bond motifs is 1. The lowest BCUT2D eigenvalue weighted by atomic mass is 10.1. The van der Waals surface area contributed by atoms with E-state index in [1.54, 1.807) is 18.3 Å². The molecule has 0 saturated heterocycles. The third-order valence-electron chi connectivity index (χ3n) is 3.31. The minimum absolute atomic E-state index is 0.142. The third-order valence-corrected chi connectivity index (χ3v) is 3.80. The van der Waals surface area contributed by atoms with Gasteiger partial charge in [0.25, 0.3) is 5.91 Å². The van der Waals surface area contributed by atoms with Gasteiger partial charge < -0.3 is 5.32 Å². The number of aryl methyl sites for hydroxylation is 1. The van der Waals surface area contributed by atoms with Crippen molar-refractivity contribution in [2.75, 3.05) is 5.32 Å². The summed E-state index contributed by atoms with van der Waals surface area (Å²) in [5, 5.41) is 5.12. The number of aromatic nitrogens is 1. The van der Waals surface area contributed by atoms with Crippen molar-refractivity contribution in [2.45, 2.75) is 6.92 Å². The highest BCUT2D eigenvalue weighted by Gasteiger charge is 2.09. The summed E-state index contributed by atoms with van der Waals surface area (Å²) < 4.78 is 1.04. The second kappa shape index (κ2) is 5.66. The topological polar surface area (TPSA) is 42.0 Å². The number of nitrogens with zero attached hydrogens (tertiary/aromatic N) is 1. The summed E-state index contributed by atoms with van der Waals surface area (Å²) >= 11 is 3.45. The number of carbonyl (C=O) groups excluding carboxylic acids is 1. The summed E-state index contributed by atoms with van der Waals surface area (Å²) in [4.78, 5) is 16.4. The highest BCUT2D eigenvalue weighted by molar-refractivity contribution is 9.10. The Kier molecular flexibility index (Phi) is 3.71. The number of carbonyl (C=O) groups is 1. The molecule has 0 aliphatic carbocycles. The quantitative estimate of drug-likeness (QED) is 0.743. The van der Waals surface area contributed by atoms with Gasteiger partial charge in [-0.3, -0.25) is 9.78 Å². The van der Waals surface area contributed by atoms with Crippen molar-refractivity contribution in [1.29, 1.82) is 0 Å². The fourth-order valence-corrected chi connectivity index (χ4v) is 2.60. The molecule has 0 unspecified atom stereocenters. The second-order valence-corrected chi connectivity index (χ2v) is 5.71. The first-order valence-corrected chi connectivity index (χ1v) is 7.35. The maximum Gasteiger partial charge on any atom is 0.257 e. The zero-order valence-corrected chi connectivity index (χ0v) is 13.0. The summed E-state index contributed by atoms with van der Waals surface area (Å²) in [7, 11) is 0. The Morgan fingerprint density at radius 2 is 1.86 bits per heavy atom. The maximum atomic E-state index is 12.3. The van der Waals surface area contributed by atoms with Crippen molar-refractivity contribution in [2.24, 2.45) is 0 Å². The molecule has 0 aliphatic rings. The van der Waals surface area contributed by atoms with Gasteiger partial charge in [-0.2, -0.15) is 0 Å². The van der Waals surface area contributed by atoms with Crippen molar-refractivity contribution in [1.82, 2.24) is 4.98 Å². The van der Waals surface area contributed by atoms with E-state index in [4.69, 9.17) is 0 Å². The van der Waals surface area contributed by atoms with Crippen LogP contribution in [0.1, 0.15) is 16.1 Å². The van der Waals surface area contributed by atoms with E-state index in [1.807, 2.05) is 43.3 Å². The number of amides is 1. The SMILES string of the molecule is Cc1ncccc1C(=O)Nc1ccc2cc(Br)ccc2c1. The first-order chi connectivity index (χ1) is 10.1. The Bertz CT molecular complexity index is 830. The molecule has 0 bridgehead atoms. The predicted octanol–water partition coefficient (Wildman–Crippen LogP) is 4.56. The molecule has 0 fully saturated rings. The third kappa shape index (κ3) is 2.95. The molecule has 0 saturated carbocycles. The van der Waals surface area contributed by atoms with Gasteiger partial charge in [0.2, 0.25) is 0 Å². The Balaban J connectivity index is 1.90. The van der Waals surface area contributed by atoms with Crippen molar-refractivity contribution < 1.29 is 4.79 Å². The van der Waals surface area contributed by atoms with Gasteiger partial charge in [0.05, 0.1) is 5.56 Å². The molecule has 104 valence electrons. The Hall–Kier alpha value is -2.20. The molecular formula is C17H13BrN2O. The number of hydrogen-bond donors (Lipinski definition) is 1. The molecule has 1 amide bonds. The van der Waals surface area contributed by atoms with E-state index < -0.39 is 0 Å². The van der Waals surface area contributed by atoms with E-state index in [9.17, 15) is 4.79 Å². The molecule has 21 heavy (non-hydrogen) atoms. The standard InChI is InChI=1S/C17H13BrN2O/c1-11-16(3-2-8-19-11)17(21)20-15-7-5-12-9-14(18)6-4-13(12)10-15/h2-10H,1H3,(H,20,21). The Morgan fingerprint density at radius 3 is 2.67 bits per heavy atom. The fourth-order valence-electron chi connectivity index (χ4n) is 2.22. The first kappa shape index (κ1) is 13.8. The average molecular weight is 341 g/mol. The summed E-state index contributed by atoms with van der Waals surface area (Å²) in [6.07, 6.45) is 1.68. The second-order valence-electron chi connectivity index (χ2n) is 4.80. The Labute approximate surface area is 131 Å². The van der Waals surface area contributed by atoms with Crippen LogP contribution >= 0.6 is 15.9 Å². The monoisotopic (exact) mass is 340 g/mol. The molecular weight excluding hydrogens is 328 g/mol. The van der Waals surface area contributed by atoms with E-state index in [0.717, 1.165) is 26.6 Å². The number of hydrogen-bond acceptors (Lipinski definition) is 2. The van der Waals surface area contributed by atoms with Crippen LogP contribution in [0.3, 0.4) is 0 Å². The van der Waals surface area contributed by atoms with Gasteiger partial charge in [-0.25, -0.2) is 0 Å². The van der Waals surface area contributed by atoms with Crippen molar-refractivity contribution >= 4 is 38.3 Å². The van der Waals surface area contributed by atoms with E-state index in [0.29, 0.717) is 5.56 Å². The molecule has 3 rings (SSSR count). The van der Waals surface area contributed by atoms with Crippen LogP contribution < -0.4 is 5.32 Å². The van der Waals surface area contributed by atoms with Crippen LogP contribution in [0.5, 0.6) is 0 Å². The van der Waals surface area contributed by atoms with E-state index in [1.165, 1.54) is 0 Å². The van der Waals surface area contributed by atoms with Crippen molar-refractivity contribution in [3.63, 3.8) is 0 Å². The predicted molar refractivity (Wildman–Crippen MR) is 88.6 cm³/mol. The summed E-state index contributed by atoms with van der Waals surface area (Å²) in [6.45, 7) is 1.83. The normalized spacial score (nSPS) is 10.6. The van der Waals surface area contributed by atoms with Gasteiger partial charge in [0, 0.05) is 22.1 Å². The number of halogens is 1. The number of benzene rings is 2. The lowest BCUT2D eigenvalue weighted by molar-refractivity contribution is 0.102. The summed E-state index contributed by atoms with van der Waals surface area (Å²) in [5.41, 5.74) is 2.09. The highest BCUT2D eigenvalue weighted by atomic mass is 79.9. The van der Waals surface area contributed by atoms with Gasteiger partial charge in [-0.1, -0.05) is 28.1 Å². The fraction of sp³-hybridized carbons (Fsp3) is 0.0588. The lowest BCUT2D eigenvalue weighted by Crippen LogP contribution is -2.13. The molecule has 3 aromatic rings. The van der Waals surface area contributed by atoms with Crippen LogP contribution in [0.4, 0.5) is 5.69 Å². The maximum absolute atomic E-state index is 12.3. The van der Waals surface area contributed by atoms with Gasteiger partial charge in [0.15, 0.2) is 0 Å². The number of nitrogens with one attached hydrogen (secondary N) is 1. The van der Waals surface area contributed by atoms with Gasteiger partial charge in [-0.15, -0.1) is 0 Å². The molecule has 0 spiro atoms. The average Bonchev–Trinajstić information content (AvgIpc) is 2.48. The summed E-state index contributed by atoms with van der Waals surface area (Å²) in [5.74, 6) is -0.142. The van der Waals surface area contributed by atoms with Crippen molar-refractivity contribution in [3.05, 3.63) is 70.5 Å². The van der Waals surface area contributed by atoms with Crippen LogP contribution in [0.2, 0.25) is 0 Å². The number of anilines is 1. The van der Waals surface area contributed by atoms with Crippen LogP contribution in [0.25, 0.3) is 10.8 Å². The molecule has 1 heterocycles. The zero-order chi connectivity index (χ0) is 14.8. The molecule has 1 N–H and O–H groups in total. The smallest absolute Gasteiger partial charge is 0.257 e. The minimum atomic E-state index is -0.142. The first-order valence-electron chi connectivity index (χ1n) is 6.56. The lowest BCUT2D eigenvalue weighted by Gasteiger charge is -2.08. The number of rotatable bonds is 2. The summed E-state index contributed by atoms with van der Waals surface area (Å²) in [6, 6.07) is 15.4. The van der Waals surface area contributed by atoms with Crippen LogP contribution in [-0.2, 0) is 0 Å². The largest absolute Gasteiger partial charge is 0.322 e. The van der Waals surface area contributed by atoms with Gasteiger partial charge in [0.1, 0.15) is 0 Å². The van der Waals surface area contributed by atoms with Gasteiger partial charge in [-0.05, 0) is 54.1 Å². The van der Waals surface area contributed by atoms with E-state index in [2.05, 4.69) is 26.2 Å². The van der Waals surface area contributed by atoms with Crippen LogP contribution in [0, 0.1) is 6.92 Å². The van der Waals surface area contributed by atoms with E-state index in [-0.39, 0.29) is 5.91 Å². The van der Waals surface area contributed by atoms with Gasteiger partial charge >= 0.3 is 0 Å². The highest BCUT2D eigenvalue weighted by Crippen LogP contribution is 2.23. The zero-order valence-electron chi connectivity index (χ0n) is 11.4. The molecule has 0 atom stereocenters. The molecule has 2 aromatic carbocycles. The van der Waals surface area contributed by atoms with Crippen molar-refractivity contribution in [3.8, 4) is 0 Å². The van der Waals surface area contributed by atoms with E-state index >= 15 is 0 Å². The number of pyridine rings is 1. The van der Waals surface area contributed by atoms with Crippen LogP contribution in [-0.4, -0.2) is 10.9 Å². The molecule has 0 radical (unpaired) electrons.